The summed E-state index contributed by atoms with van der Waals surface area (Å²) in [5.74, 6) is -0.946. The first-order chi connectivity index (χ1) is 22.2. The summed E-state index contributed by atoms with van der Waals surface area (Å²) in [6.07, 6.45) is 3.10. The third-order valence-corrected chi connectivity index (χ3v) is 9.13. The Morgan fingerprint density at radius 3 is 2.33 bits per heavy atom. The second kappa shape index (κ2) is 16.0. The Balaban J connectivity index is 1.24. The molecule has 2 saturated heterocycles. The monoisotopic (exact) mass is 650 g/mol. The average Bonchev–Trinajstić information content (AvgIpc) is 3.06. The number of carbonyl (C=O) groups is 2. The van der Waals surface area contributed by atoms with Gasteiger partial charge in [0.25, 0.3) is 0 Å². The van der Waals surface area contributed by atoms with Gasteiger partial charge in [-0.2, -0.15) is 0 Å². The van der Waals surface area contributed by atoms with Gasteiger partial charge in [-0.15, -0.1) is 0 Å². The Kier molecular flexibility index (Phi) is 11.8. The minimum Gasteiger partial charge on any atom is -0.481 e. The van der Waals surface area contributed by atoms with Crippen molar-refractivity contribution in [1.82, 2.24) is 4.90 Å². The van der Waals surface area contributed by atoms with Crippen LogP contribution in [0.5, 0.6) is 0 Å². The zero-order valence-corrected chi connectivity index (χ0v) is 26.7. The molecule has 2 aliphatic rings. The van der Waals surface area contributed by atoms with Crippen LogP contribution < -0.4 is 5.32 Å². The number of halogens is 1. The van der Waals surface area contributed by atoms with E-state index < -0.39 is 17.9 Å². The molecule has 3 atom stereocenters. The fourth-order valence-electron chi connectivity index (χ4n) is 6.20. The second-order valence-corrected chi connectivity index (χ2v) is 12.8. The Bertz CT molecular complexity index is 1440. The van der Waals surface area contributed by atoms with Gasteiger partial charge in [-0.1, -0.05) is 66.6 Å². The molecule has 9 nitrogen and oxygen atoms in total. The molecule has 0 spiro atoms. The Labute approximate surface area is 275 Å². The van der Waals surface area contributed by atoms with Crippen molar-refractivity contribution in [2.75, 3.05) is 25.0 Å². The molecule has 2 fully saturated rings. The van der Waals surface area contributed by atoms with Crippen molar-refractivity contribution in [2.45, 2.75) is 82.1 Å². The van der Waals surface area contributed by atoms with E-state index in [2.05, 4.69) is 10.2 Å². The molecule has 0 radical (unpaired) electrons. The third-order valence-electron chi connectivity index (χ3n) is 8.88. The highest BCUT2D eigenvalue weighted by Gasteiger charge is 2.37. The van der Waals surface area contributed by atoms with E-state index in [0.717, 1.165) is 35.3 Å². The molecule has 5 rings (SSSR count). The SMILES string of the molecule is O=C(O)CCCCCC(=O)Nc1cccc(C2OC(CN3CCC(O)(c4ccc(Cl)cc4)CC3)CC(c3ccc(CO)cc3)O2)c1. The van der Waals surface area contributed by atoms with Crippen LogP contribution in [0.25, 0.3) is 0 Å². The first-order valence-electron chi connectivity index (χ1n) is 16.0. The lowest BCUT2D eigenvalue weighted by molar-refractivity contribution is -0.253. The van der Waals surface area contributed by atoms with Gasteiger partial charge in [-0.3, -0.25) is 9.59 Å². The number of carboxylic acid groups (broad SMARTS) is 1. The normalized spacial score (nSPS) is 21.5. The molecule has 246 valence electrons. The van der Waals surface area contributed by atoms with Gasteiger partial charge in [-0.05, 0) is 66.6 Å². The number of benzene rings is 3. The highest BCUT2D eigenvalue weighted by molar-refractivity contribution is 6.30. The number of nitrogens with zero attached hydrogens (tertiary/aromatic N) is 1. The largest absolute Gasteiger partial charge is 0.481 e. The zero-order chi connectivity index (χ0) is 32.5. The van der Waals surface area contributed by atoms with Gasteiger partial charge in [-0.25, -0.2) is 0 Å². The van der Waals surface area contributed by atoms with E-state index >= 15 is 0 Å². The van der Waals surface area contributed by atoms with Gasteiger partial charge in [0.2, 0.25) is 5.91 Å². The predicted molar refractivity (Wildman–Crippen MR) is 175 cm³/mol. The summed E-state index contributed by atoms with van der Waals surface area (Å²) in [6, 6.07) is 22.7. The number of aliphatic hydroxyl groups is 2. The molecule has 1 amide bonds. The number of aliphatic carboxylic acids is 1. The van der Waals surface area contributed by atoms with E-state index in [9.17, 15) is 19.8 Å². The maximum absolute atomic E-state index is 12.6. The quantitative estimate of drug-likeness (QED) is 0.158. The summed E-state index contributed by atoms with van der Waals surface area (Å²) in [6.45, 7) is 2.09. The number of nitrogens with one attached hydrogen (secondary N) is 1. The number of carboxylic acids is 1. The fraction of sp³-hybridized carbons (Fsp3) is 0.444. The molecule has 3 unspecified atom stereocenters. The number of aliphatic hydroxyl groups excluding tert-OH is 1. The van der Waals surface area contributed by atoms with Gasteiger partial charge in [0.15, 0.2) is 6.29 Å². The number of likely N-dealkylation sites (tertiary alicyclic amines) is 1. The van der Waals surface area contributed by atoms with Crippen LogP contribution in [0.1, 0.15) is 86.0 Å². The topological polar surface area (TPSA) is 129 Å². The van der Waals surface area contributed by atoms with Crippen LogP contribution in [0.4, 0.5) is 5.69 Å². The number of ether oxygens (including phenoxy) is 2. The van der Waals surface area contributed by atoms with Crippen LogP contribution in [0.3, 0.4) is 0 Å². The number of hydrogen-bond donors (Lipinski definition) is 4. The van der Waals surface area contributed by atoms with Crippen LogP contribution in [-0.4, -0.2) is 57.8 Å². The molecule has 0 bridgehead atoms. The Morgan fingerprint density at radius 2 is 1.63 bits per heavy atom. The van der Waals surface area contributed by atoms with E-state index in [1.54, 1.807) is 0 Å². The van der Waals surface area contributed by atoms with Gasteiger partial charge in [0, 0.05) is 55.2 Å². The van der Waals surface area contributed by atoms with Crippen LogP contribution in [0.2, 0.25) is 5.02 Å². The molecule has 0 aromatic heterocycles. The lowest BCUT2D eigenvalue weighted by Gasteiger charge is -2.42. The summed E-state index contributed by atoms with van der Waals surface area (Å²) in [7, 11) is 0. The van der Waals surface area contributed by atoms with E-state index in [-0.39, 0.29) is 31.1 Å². The van der Waals surface area contributed by atoms with Gasteiger partial charge < -0.3 is 35.0 Å². The van der Waals surface area contributed by atoms with Crippen LogP contribution in [0.15, 0.2) is 72.8 Å². The maximum Gasteiger partial charge on any atom is 0.303 e. The number of hydrogen-bond acceptors (Lipinski definition) is 7. The minimum absolute atomic E-state index is 0.0294. The number of unbranched alkanes of at least 4 members (excludes halogenated alkanes) is 2. The van der Waals surface area contributed by atoms with Crippen LogP contribution >= 0.6 is 11.6 Å². The van der Waals surface area contributed by atoms with Gasteiger partial charge >= 0.3 is 5.97 Å². The summed E-state index contributed by atoms with van der Waals surface area (Å²) in [4.78, 5) is 25.6. The third kappa shape index (κ3) is 9.37. The van der Waals surface area contributed by atoms with E-state index in [4.69, 9.17) is 26.2 Å². The Hall–Kier alpha value is -3.31. The molecule has 3 aromatic carbocycles. The molecule has 2 aliphatic heterocycles. The van der Waals surface area contributed by atoms with Crippen molar-refractivity contribution in [3.63, 3.8) is 0 Å². The van der Waals surface area contributed by atoms with Crippen LogP contribution in [-0.2, 0) is 31.3 Å². The molecular formula is C36H43ClN2O7. The zero-order valence-electron chi connectivity index (χ0n) is 25.9. The molecule has 2 heterocycles. The first-order valence-corrected chi connectivity index (χ1v) is 16.4. The summed E-state index contributed by atoms with van der Waals surface area (Å²) >= 11 is 6.06. The minimum atomic E-state index is -0.888. The molecule has 0 saturated carbocycles. The second-order valence-electron chi connectivity index (χ2n) is 12.3. The van der Waals surface area contributed by atoms with Gasteiger partial charge in [0.1, 0.15) is 0 Å². The summed E-state index contributed by atoms with van der Waals surface area (Å²) in [5, 5.41) is 33.3. The summed E-state index contributed by atoms with van der Waals surface area (Å²) < 4.78 is 13.1. The maximum atomic E-state index is 12.6. The van der Waals surface area contributed by atoms with Crippen molar-refractivity contribution < 1.29 is 34.4 Å². The lowest BCUT2D eigenvalue weighted by Crippen LogP contribution is -2.46. The average molecular weight is 651 g/mol. The van der Waals surface area contributed by atoms with Crippen molar-refractivity contribution in [3.8, 4) is 0 Å². The molecular weight excluding hydrogens is 608 g/mol. The van der Waals surface area contributed by atoms with Crippen molar-refractivity contribution >= 4 is 29.2 Å². The predicted octanol–water partition coefficient (Wildman–Crippen LogP) is 6.33. The van der Waals surface area contributed by atoms with E-state index in [1.807, 2.05) is 72.8 Å². The molecule has 0 aliphatic carbocycles. The van der Waals surface area contributed by atoms with Crippen molar-refractivity contribution in [2.24, 2.45) is 0 Å². The number of piperidine rings is 1. The number of amides is 1. The highest BCUT2D eigenvalue weighted by atomic mass is 35.5. The standard InChI is InChI=1S/C36H43ClN2O7/c37-29-15-13-28(14-16-29)36(44)17-19-39(20-18-36)23-31-22-32(26-11-9-25(24-40)10-12-26)46-35(45-31)27-5-4-6-30(21-27)38-33(41)7-2-1-3-8-34(42)43/h4-6,9-16,21,31-32,35,40,44H,1-3,7-8,17-20,22-24H2,(H,38,41)(H,42,43). The van der Waals surface area contributed by atoms with Gasteiger partial charge in [0.05, 0.1) is 24.4 Å². The van der Waals surface area contributed by atoms with Crippen molar-refractivity contribution in [1.29, 1.82) is 0 Å². The first kappa shape index (κ1) is 34.0. The lowest BCUT2D eigenvalue weighted by atomic mass is 9.84. The molecule has 10 heteroatoms. The number of carbonyl (C=O) groups excluding carboxylic acids is 1. The summed E-state index contributed by atoms with van der Waals surface area (Å²) in [5.41, 5.74) is 3.26. The van der Waals surface area contributed by atoms with Crippen molar-refractivity contribution in [3.05, 3.63) is 100 Å². The van der Waals surface area contributed by atoms with E-state index in [1.165, 1.54) is 0 Å². The molecule has 4 N–H and O–H groups in total. The number of rotatable bonds is 13. The fourth-order valence-corrected chi connectivity index (χ4v) is 6.33. The van der Waals surface area contributed by atoms with Crippen LogP contribution in [0, 0.1) is 0 Å². The molecule has 46 heavy (non-hydrogen) atoms. The Morgan fingerprint density at radius 1 is 0.913 bits per heavy atom. The number of anilines is 1. The van der Waals surface area contributed by atoms with E-state index in [0.29, 0.717) is 62.2 Å². The molecule has 3 aromatic rings. The smallest absolute Gasteiger partial charge is 0.303 e. The highest BCUT2D eigenvalue weighted by Crippen LogP contribution is 2.40.